The topological polar surface area (TPSA) is 16.1 Å². The summed E-state index contributed by atoms with van der Waals surface area (Å²) >= 11 is 1.79. The van der Waals surface area contributed by atoms with Gasteiger partial charge in [0.15, 0.2) is 0 Å². The van der Waals surface area contributed by atoms with E-state index in [-0.39, 0.29) is 0 Å². The van der Waals surface area contributed by atoms with Crippen LogP contribution in [0.4, 0.5) is 17.1 Å². The molecule has 0 unspecified atom stereocenters. The van der Waals surface area contributed by atoms with Gasteiger partial charge in [0, 0.05) is 27.7 Å². The number of rotatable bonds is 5. The first-order valence-electron chi connectivity index (χ1n) is 18.4. The molecular formula is C51H32N2S. The number of hydrogen-bond acceptors (Lipinski definition) is 3. The monoisotopic (exact) mass is 704 g/mol. The molecule has 0 aliphatic heterocycles. The molecule has 1 aromatic heterocycles. The van der Waals surface area contributed by atoms with Gasteiger partial charge in [-0.15, -0.1) is 11.3 Å². The Balaban J connectivity index is 1.13. The highest BCUT2D eigenvalue weighted by molar-refractivity contribution is 7.22. The van der Waals surface area contributed by atoms with Gasteiger partial charge < -0.3 is 4.90 Å². The minimum Gasteiger partial charge on any atom is -0.310 e. The summed E-state index contributed by atoms with van der Waals surface area (Å²) < 4.78 is 1.23. The van der Waals surface area contributed by atoms with Gasteiger partial charge in [-0.05, 0) is 96.7 Å². The van der Waals surface area contributed by atoms with E-state index >= 15 is 0 Å². The summed E-state index contributed by atoms with van der Waals surface area (Å²) in [5, 5.41) is 13.4. The molecule has 10 aromatic carbocycles. The normalized spacial score (nSPS) is 11.7. The van der Waals surface area contributed by atoms with E-state index in [1.807, 2.05) is 0 Å². The van der Waals surface area contributed by atoms with Crippen molar-refractivity contribution in [2.24, 2.45) is 0 Å². The summed E-state index contributed by atoms with van der Waals surface area (Å²) in [5.74, 6) is 0. The van der Waals surface area contributed by atoms with Crippen molar-refractivity contribution in [2.75, 3.05) is 4.90 Å². The fraction of sp³-hybridized carbons (Fsp3) is 0. The molecule has 0 spiro atoms. The SMILES string of the molecule is c1ccc(-c2nc3ccc4ccc5ccc6c(N(c7ccc(-c8ccc9ccccc9c8)cc7)c7ccc8ccccc8c7)cccc6c5c4c3s2)cc1. The summed E-state index contributed by atoms with van der Waals surface area (Å²) in [6.45, 7) is 0. The molecule has 11 aromatic rings. The van der Waals surface area contributed by atoms with Gasteiger partial charge in [0.1, 0.15) is 5.01 Å². The van der Waals surface area contributed by atoms with E-state index in [0.717, 1.165) is 33.1 Å². The Morgan fingerprint density at radius 1 is 0.370 bits per heavy atom. The molecule has 2 nitrogen and oxygen atoms in total. The van der Waals surface area contributed by atoms with Crippen molar-refractivity contribution in [1.29, 1.82) is 0 Å². The number of aromatic nitrogens is 1. The molecule has 0 aliphatic rings. The van der Waals surface area contributed by atoms with Crippen molar-refractivity contribution >= 4 is 92.5 Å². The molecule has 0 amide bonds. The summed E-state index contributed by atoms with van der Waals surface area (Å²) in [5.41, 5.74) is 7.97. The molecular weight excluding hydrogens is 673 g/mol. The van der Waals surface area contributed by atoms with E-state index in [4.69, 9.17) is 4.98 Å². The number of thiazole rings is 1. The average molecular weight is 705 g/mol. The molecule has 0 N–H and O–H groups in total. The van der Waals surface area contributed by atoms with Crippen molar-refractivity contribution in [3.63, 3.8) is 0 Å². The fourth-order valence-electron chi connectivity index (χ4n) is 8.17. The van der Waals surface area contributed by atoms with Gasteiger partial charge in [0.2, 0.25) is 0 Å². The third-order valence-electron chi connectivity index (χ3n) is 10.8. The van der Waals surface area contributed by atoms with Gasteiger partial charge in [-0.1, -0.05) is 152 Å². The van der Waals surface area contributed by atoms with Crippen molar-refractivity contribution in [3.8, 4) is 21.7 Å². The lowest BCUT2D eigenvalue weighted by atomic mass is 9.95. The minimum absolute atomic E-state index is 1.04. The first-order valence-corrected chi connectivity index (χ1v) is 19.2. The zero-order chi connectivity index (χ0) is 35.6. The summed E-state index contributed by atoms with van der Waals surface area (Å²) in [7, 11) is 0. The number of hydrogen-bond donors (Lipinski definition) is 0. The average Bonchev–Trinajstić information content (AvgIpc) is 3.69. The molecule has 0 bridgehead atoms. The molecule has 0 aliphatic carbocycles. The van der Waals surface area contributed by atoms with Crippen molar-refractivity contribution in [3.05, 3.63) is 194 Å². The van der Waals surface area contributed by atoms with Gasteiger partial charge in [0.25, 0.3) is 0 Å². The van der Waals surface area contributed by atoms with Crippen LogP contribution in [0.25, 0.3) is 85.8 Å². The number of benzene rings is 10. The van der Waals surface area contributed by atoms with E-state index in [0.29, 0.717) is 0 Å². The molecule has 0 saturated carbocycles. The summed E-state index contributed by atoms with van der Waals surface area (Å²) in [6.07, 6.45) is 0. The van der Waals surface area contributed by atoms with Crippen LogP contribution in [-0.4, -0.2) is 4.98 Å². The lowest BCUT2D eigenvalue weighted by molar-refractivity contribution is 1.30. The fourth-order valence-corrected chi connectivity index (χ4v) is 9.31. The summed E-state index contributed by atoms with van der Waals surface area (Å²) in [6, 6.07) is 70.5. The van der Waals surface area contributed by atoms with Gasteiger partial charge in [-0.25, -0.2) is 4.98 Å². The molecule has 252 valence electrons. The van der Waals surface area contributed by atoms with E-state index in [2.05, 4.69) is 199 Å². The van der Waals surface area contributed by atoms with Crippen LogP contribution >= 0.6 is 11.3 Å². The van der Waals surface area contributed by atoms with Crippen LogP contribution in [-0.2, 0) is 0 Å². The Labute approximate surface area is 316 Å². The number of nitrogens with zero attached hydrogens (tertiary/aromatic N) is 2. The minimum atomic E-state index is 1.04. The predicted octanol–water partition coefficient (Wildman–Crippen LogP) is 14.9. The second-order valence-corrected chi connectivity index (χ2v) is 15.0. The Morgan fingerprint density at radius 3 is 1.78 bits per heavy atom. The quantitative estimate of drug-likeness (QED) is 0.166. The van der Waals surface area contributed by atoms with Crippen LogP contribution in [0, 0.1) is 0 Å². The number of anilines is 3. The Bertz CT molecular complexity index is 3220. The van der Waals surface area contributed by atoms with E-state index in [1.165, 1.54) is 69.7 Å². The largest absolute Gasteiger partial charge is 0.310 e. The van der Waals surface area contributed by atoms with Gasteiger partial charge in [-0.2, -0.15) is 0 Å². The second-order valence-electron chi connectivity index (χ2n) is 14.0. The molecule has 11 rings (SSSR count). The maximum Gasteiger partial charge on any atom is 0.124 e. The third kappa shape index (κ3) is 5.05. The van der Waals surface area contributed by atoms with Crippen LogP contribution in [0.5, 0.6) is 0 Å². The van der Waals surface area contributed by atoms with Gasteiger partial charge >= 0.3 is 0 Å². The van der Waals surface area contributed by atoms with E-state index in [9.17, 15) is 0 Å². The van der Waals surface area contributed by atoms with E-state index < -0.39 is 0 Å². The van der Waals surface area contributed by atoms with Crippen molar-refractivity contribution in [2.45, 2.75) is 0 Å². The highest BCUT2D eigenvalue weighted by atomic mass is 32.1. The van der Waals surface area contributed by atoms with Crippen molar-refractivity contribution in [1.82, 2.24) is 4.98 Å². The lowest BCUT2D eigenvalue weighted by Gasteiger charge is -2.28. The zero-order valence-corrected chi connectivity index (χ0v) is 30.1. The molecule has 0 radical (unpaired) electrons. The van der Waals surface area contributed by atoms with Crippen LogP contribution < -0.4 is 4.90 Å². The number of fused-ring (bicyclic) bond motifs is 9. The first kappa shape index (κ1) is 30.8. The second kappa shape index (κ2) is 12.4. The third-order valence-corrected chi connectivity index (χ3v) is 12.0. The highest BCUT2D eigenvalue weighted by Crippen LogP contribution is 2.45. The molecule has 1 heterocycles. The van der Waals surface area contributed by atoms with Gasteiger partial charge in [0.05, 0.1) is 15.9 Å². The lowest BCUT2D eigenvalue weighted by Crippen LogP contribution is -2.10. The van der Waals surface area contributed by atoms with Crippen LogP contribution in [0.2, 0.25) is 0 Å². The van der Waals surface area contributed by atoms with Crippen LogP contribution in [0.1, 0.15) is 0 Å². The highest BCUT2D eigenvalue weighted by Gasteiger charge is 2.19. The Kier molecular flexibility index (Phi) is 7.07. The molecule has 0 saturated heterocycles. The maximum atomic E-state index is 5.12. The Morgan fingerprint density at radius 2 is 0.981 bits per heavy atom. The molecule has 3 heteroatoms. The van der Waals surface area contributed by atoms with E-state index in [1.54, 1.807) is 11.3 Å². The van der Waals surface area contributed by atoms with Crippen LogP contribution in [0.15, 0.2) is 194 Å². The molecule has 54 heavy (non-hydrogen) atoms. The first-order chi connectivity index (χ1) is 26.7. The zero-order valence-electron chi connectivity index (χ0n) is 29.3. The standard InChI is InChI=1S/C51H32N2S/c1-2-11-38(12-3-1)51-52-46-30-25-37-19-18-36-24-29-44-45(48(36)49(37)50(46)54-51)15-8-16-47(44)53(43-28-23-34-10-5-7-14-40(34)32-43)42-26-21-35(22-27-42)41-20-17-33-9-4-6-13-39(33)31-41/h1-32H. The maximum absolute atomic E-state index is 5.12. The smallest absolute Gasteiger partial charge is 0.124 e. The van der Waals surface area contributed by atoms with Crippen LogP contribution in [0.3, 0.4) is 0 Å². The van der Waals surface area contributed by atoms with Gasteiger partial charge in [-0.3, -0.25) is 0 Å². The Hall–Kier alpha value is -6.81. The molecule has 0 atom stereocenters. The molecule has 0 fully saturated rings. The predicted molar refractivity (Wildman–Crippen MR) is 233 cm³/mol. The summed E-state index contributed by atoms with van der Waals surface area (Å²) in [4.78, 5) is 7.55. The van der Waals surface area contributed by atoms with Crippen molar-refractivity contribution < 1.29 is 0 Å².